The minimum Gasteiger partial charge on any atom is -0.497 e. The van der Waals surface area contributed by atoms with Crippen molar-refractivity contribution in [3.8, 4) is 17.2 Å². The van der Waals surface area contributed by atoms with Crippen LogP contribution in [0, 0.1) is 16.0 Å². The SMILES string of the molecule is CCOc1cc(C=NNC(=O)C(NC(=O)c2ccc(OC)cc2)C(C)C)ccc1OCc1ccc([N+](=O)[O-])cc1. The standard InChI is InChI=1S/C29H32N4O7/c1-5-39-26-16-21(8-15-25(26)40-18-20-6-11-23(12-7-20)33(36)37)17-30-32-29(35)27(19(2)3)31-28(34)22-9-13-24(38-4)14-10-22/h6-17,19,27H,5,18H2,1-4H3,(H,31,34)(H,32,35). The largest absolute Gasteiger partial charge is 0.497 e. The van der Waals surface area contributed by atoms with Crippen LogP contribution < -0.4 is 25.0 Å². The molecule has 0 saturated heterocycles. The number of hydrazone groups is 1. The lowest BCUT2D eigenvalue weighted by Crippen LogP contribution is -2.48. The Kier molecular flexibility index (Phi) is 10.6. The Bertz CT molecular complexity index is 1340. The van der Waals surface area contributed by atoms with E-state index < -0.39 is 16.9 Å². The highest BCUT2D eigenvalue weighted by Gasteiger charge is 2.24. The second-order valence-electron chi connectivity index (χ2n) is 9.01. The molecule has 0 aliphatic carbocycles. The summed E-state index contributed by atoms with van der Waals surface area (Å²) in [6.45, 7) is 6.08. The van der Waals surface area contributed by atoms with E-state index in [0.717, 1.165) is 5.56 Å². The summed E-state index contributed by atoms with van der Waals surface area (Å²) in [6, 6.07) is 17.1. The Morgan fingerprint density at radius 3 is 2.30 bits per heavy atom. The Balaban J connectivity index is 1.62. The summed E-state index contributed by atoms with van der Waals surface area (Å²) in [5, 5.41) is 17.6. The summed E-state index contributed by atoms with van der Waals surface area (Å²) in [6.07, 6.45) is 1.46. The predicted molar refractivity (Wildman–Crippen MR) is 150 cm³/mol. The number of non-ortho nitro benzene ring substituents is 1. The van der Waals surface area contributed by atoms with Crippen molar-refractivity contribution in [2.75, 3.05) is 13.7 Å². The van der Waals surface area contributed by atoms with Crippen LogP contribution in [0.2, 0.25) is 0 Å². The fourth-order valence-electron chi connectivity index (χ4n) is 3.61. The summed E-state index contributed by atoms with van der Waals surface area (Å²) in [5.41, 5.74) is 4.31. The summed E-state index contributed by atoms with van der Waals surface area (Å²) in [5.74, 6) is 0.566. The fourth-order valence-corrected chi connectivity index (χ4v) is 3.61. The number of amides is 2. The van der Waals surface area contributed by atoms with Gasteiger partial charge in [-0.3, -0.25) is 19.7 Å². The highest BCUT2D eigenvalue weighted by Crippen LogP contribution is 2.29. The number of benzene rings is 3. The molecule has 11 nitrogen and oxygen atoms in total. The number of nitro groups is 1. The molecule has 210 valence electrons. The van der Waals surface area contributed by atoms with Crippen molar-refractivity contribution in [1.29, 1.82) is 0 Å². The first kappa shape index (κ1) is 29.6. The van der Waals surface area contributed by atoms with Crippen LogP contribution in [0.5, 0.6) is 17.2 Å². The van der Waals surface area contributed by atoms with E-state index in [1.54, 1.807) is 61.7 Å². The number of carbonyl (C=O) groups excluding carboxylic acids is 2. The summed E-state index contributed by atoms with van der Waals surface area (Å²) < 4.78 is 16.7. The zero-order chi connectivity index (χ0) is 29.1. The van der Waals surface area contributed by atoms with E-state index in [1.807, 2.05) is 20.8 Å². The summed E-state index contributed by atoms with van der Waals surface area (Å²) in [4.78, 5) is 35.8. The average molecular weight is 549 g/mol. The number of ether oxygens (including phenoxy) is 3. The van der Waals surface area contributed by atoms with Crippen LogP contribution in [-0.4, -0.2) is 42.7 Å². The van der Waals surface area contributed by atoms with Crippen molar-refractivity contribution in [3.05, 3.63) is 93.5 Å². The van der Waals surface area contributed by atoms with Gasteiger partial charge in [0, 0.05) is 17.7 Å². The number of hydrogen-bond acceptors (Lipinski definition) is 8. The average Bonchev–Trinajstić information content (AvgIpc) is 2.95. The molecule has 0 bridgehead atoms. The molecule has 3 aromatic carbocycles. The highest BCUT2D eigenvalue weighted by molar-refractivity contribution is 5.97. The third kappa shape index (κ3) is 8.29. The van der Waals surface area contributed by atoms with Crippen molar-refractivity contribution in [2.24, 2.45) is 11.0 Å². The van der Waals surface area contributed by atoms with Gasteiger partial charge in [-0.2, -0.15) is 5.10 Å². The van der Waals surface area contributed by atoms with Crippen molar-refractivity contribution in [1.82, 2.24) is 10.7 Å². The van der Waals surface area contributed by atoms with E-state index in [9.17, 15) is 19.7 Å². The van der Waals surface area contributed by atoms with Gasteiger partial charge in [-0.25, -0.2) is 5.43 Å². The molecular weight excluding hydrogens is 516 g/mol. The minimum atomic E-state index is -0.805. The molecule has 0 saturated carbocycles. The van der Waals surface area contributed by atoms with E-state index in [-0.39, 0.29) is 24.1 Å². The van der Waals surface area contributed by atoms with Crippen LogP contribution in [0.1, 0.15) is 42.3 Å². The van der Waals surface area contributed by atoms with E-state index in [1.165, 1.54) is 18.3 Å². The molecular formula is C29H32N4O7. The number of nitrogens with zero attached hydrogens (tertiary/aromatic N) is 2. The Morgan fingerprint density at radius 1 is 1.00 bits per heavy atom. The number of nitrogens with one attached hydrogen (secondary N) is 2. The van der Waals surface area contributed by atoms with Gasteiger partial charge in [-0.1, -0.05) is 13.8 Å². The third-order valence-corrected chi connectivity index (χ3v) is 5.79. The highest BCUT2D eigenvalue weighted by atomic mass is 16.6. The second kappa shape index (κ2) is 14.3. The van der Waals surface area contributed by atoms with E-state index in [0.29, 0.717) is 35.0 Å². The van der Waals surface area contributed by atoms with Crippen molar-refractivity contribution in [3.63, 3.8) is 0 Å². The first-order valence-electron chi connectivity index (χ1n) is 12.6. The van der Waals surface area contributed by atoms with Crippen LogP contribution in [0.4, 0.5) is 5.69 Å². The second-order valence-corrected chi connectivity index (χ2v) is 9.01. The zero-order valence-electron chi connectivity index (χ0n) is 22.7. The van der Waals surface area contributed by atoms with Gasteiger partial charge >= 0.3 is 0 Å². The first-order valence-corrected chi connectivity index (χ1v) is 12.6. The first-order chi connectivity index (χ1) is 19.2. The van der Waals surface area contributed by atoms with E-state index in [2.05, 4.69) is 15.8 Å². The molecule has 0 heterocycles. The monoisotopic (exact) mass is 548 g/mol. The van der Waals surface area contributed by atoms with Crippen LogP contribution in [0.3, 0.4) is 0 Å². The molecule has 0 radical (unpaired) electrons. The Labute approximate surface area is 232 Å². The maximum atomic E-state index is 12.8. The van der Waals surface area contributed by atoms with Gasteiger partial charge in [0.2, 0.25) is 0 Å². The van der Waals surface area contributed by atoms with Gasteiger partial charge in [0.1, 0.15) is 18.4 Å². The smallest absolute Gasteiger partial charge is 0.269 e. The molecule has 1 unspecified atom stereocenters. The molecule has 0 spiro atoms. The molecule has 0 aliphatic heterocycles. The molecule has 11 heteroatoms. The molecule has 0 fully saturated rings. The quantitative estimate of drug-likeness (QED) is 0.182. The van der Waals surface area contributed by atoms with Crippen LogP contribution >= 0.6 is 0 Å². The van der Waals surface area contributed by atoms with Crippen molar-refractivity contribution in [2.45, 2.75) is 33.4 Å². The third-order valence-electron chi connectivity index (χ3n) is 5.79. The van der Waals surface area contributed by atoms with Crippen molar-refractivity contribution < 1.29 is 28.7 Å². The fraction of sp³-hybridized carbons (Fsp3) is 0.276. The van der Waals surface area contributed by atoms with Gasteiger partial charge in [-0.15, -0.1) is 0 Å². The van der Waals surface area contributed by atoms with E-state index in [4.69, 9.17) is 14.2 Å². The van der Waals surface area contributed by atoms with Gasteiger partial charge in [0.25, 0.3) is 17.5 Å². The van der Waals surface area contributed by atoms with Crippen molar-refractivity contribution >= 4 is 23.7 Å². The summed E-state index contributed by atoms with van der Waals surface area (Å²) in [7, 11) is 1.54. The number of carbonyl (C=O) groups is 2. The maximum absolute atomic E-state index is 12.8. The molecule has 3 aromatic rings. The molecule has 40 heavy (non-hydrogen) atoms. The van der Waals surface area contributed by atoms with Gasteiger partial charge in [0.15, 0.2) is 11.5 Å². The van der Waals surface area contributed by atoms with Gasteiger partial charge < -0.3 is 19.5 Å². The molecule has 2 amide bonds. The molecule has 0 aromatic heterocycles. The number of hydrogen-bond donors (Lipinski definition) is 2. The molecule has 0 aliphatic rings. The number of methoxy groups -OCH3 is 1. The zero-order valence-corrected chi connectivity index (χ0v) is 22.7. The molecule has 1 atom stereocenters. The Morgan fingerprint density at radius 2 is 1.70 bits per heavy atom. The van der Waals surface area contributed by atoms with Crippen LogP contribution in [0.25, 0.3) is 0 Å². The van der Waals surface area contributed by atoms with Crippen LogP contribution in [0.15, 0.2) is 71.8 Å². The molecule has 2 N–H and O–H groups in total. The minimum absolute atomic E-state index is 0.00817. The maximum Gasteiger partial charge on any atom is 0.269 e. The lowest BCUT2D eigenvalue weighted by molar-refractivity contribution is -0.384. The lowest BCUT2D eigenvalue weighted by Gasteiger charge is -2.20. The Hall–Kier alpha value is -4.93. The van der Waals surface area contributed by atoms with Crippen LogP contribution in [-0.2, 0) is 11.4 Å². The van der Waals surface area contributed by atoms with Gasteiger partial charge in [-0.05, 0) is 78.6 Å². The van der Waals surface area contributed by atoms with Gasteiger partial charge in [0.05, 0.1) is 24.9 Å². The lowest BCUT2D eigenvalue weighted by atomic mass is 10.0. The number of nitro benzene ring substituents is 1. The van der Waals surface area contributed by atoms with E-state index >= 15 is 0 Å². The topological polar surface area (TPSA) is 141 Å². The number of rotatable bonds is 13. The summed E-state index contributed by atoms with van der Waals surface area (Å²) >= 11 is 0. The normalized spacial score (nSPS) is 11.6. The predicted octanol–water partition coefficient (Wildman–Crippen LogP) is 4.49. The molecule has 3 rings (SSSR count).